The minimum absolute atomic E-state index is 0.0253. The Labute approximate surface area is 224 Å². The summed E-state index contributed by atoms with van der Waals surface area (Å²) in [6.07, 6.45) is 4.22. The molecule has 2 aromatic carbocycles. The van der Waals surface area contributed by atoms with Gasteiger partial charge in [-0.2, -0.15) is 0 Å². The zero-order valence-corrected chi connectivity index (χ0v) is 23.2. The van der Waals surface area contributed by atoms with Gasteiger partial charge in [0, 0.05) is 24.5 Å². The summed E-state index contributed by atoms with van der Waals surface area (Å²) in [5.74, 6) is 0.328. The van der Waals surface area contributed by atoms with Crippen molar-refractivity contribution >= 4 is 34.0 Å². The number of sulfonamides is 1. The summed E-state index contributed by atoms with van der Waals surface area (Å²) in [6.45, 7) is 6.73. The Morgan fingerprint density at radius 1 is 1.16 bits per heavy atom. The Morgan fingerprint density at radius 3 is 2.59 bits per heavy atom. The maximum atomic E-state index is 12.8. The third-order valence-electron chi connectivity index (χ3n) is 5.96. The van der Waals surface area contributed by atoms with Crippen LogP contribution in [0.2, 0.25) is 5.02 Å². The van der Waals surface area contributed by atoms with E-state index in [1.54, 1.807) is 11.0 Å². The highest BCUT2D eigenvalue weighted by atomic mass is 35.5. The number of hydrogen-bond donors (Lipinski definition) is 1. The number of carbonyl (C=O) groups is 2. The smallest absolute Gasteiger partial charge is 0.410 e. The van der Waals surface area contributed by atoms with Crippen molar-refractivity contribution in [3.8, 4) is 16.9 Å². The first-order valence-electron chi connectivity index (χ1n) is 12.4. The number of aryl methyl sites for hydroxylation is 1. The Bertz CT molecular complexity index is 1240. The van der Waals surface area contributed by atoms with E-state index in [0.29, 0.717) is 68.1 Å². The number of amides is 1. The number of rotatable bonds is 10. The lowest BCUT2D eigenvalue weighted by Crippen LogP contribution is -2.38. The third kappa shape index (κ3) is 8.18. The maximum absolute atomic E-state index is 12.8. The van der Waals surface area contributed by atoms with Gasteiger partial charge in [0.15, 0.2) is 0 Å². The number of hydrogen-bond acceptors (Lipinski definition) is 6. The fourth-order valence-electron chi connectivity index (χ4n) is 4.18. The lowest BCUT2D eigenvalue weighted by molar-refractivity contribution is -0.107. The van der Waals surface area contributed by atoms with E-state index in [4.69, 9.17) is 26.2 Å². The van der Waals surface area contributed by atoms with Crippen LogP contribution in [0, 0.1) is 0 Å². The van der Waals surface area contributed by atoms with E-state index in [9.17, 15) is 18.0 Å². The third-order valence-corrected chi connectivity index (χ3v) is 7.24. The van der Waals surface area contributed by atoms with Crippen molar-refractivity contribution in [2.45, 2.75) is 69.8 Å². The van der Waals surface area contributed by atoms with Gasteiger partial charge in [0.05, 0.1) is 6.61 Å². The number of primary sulfonamides is 1. The van der Waals surface area contributed by atoms with Crippen molar-refractivity contribution in [3.63, 3.8) is 0 Å². The molecular formula is C27H35ClN2O6S. The highest BCUT2D eigenvalue weighted by Gasteiger charge is 2.24. The number of nitrogens with two attached hydrogens (primary N) is 1. The van der Waals surface area contributed by atoms with Crippen LogP contribution >= 0.6 is 11.6 Å². The van der Waals surface area contributed by atoms with Crippen LogP contribution in [0.15, 0.2) is 35.2 Å². The summed E-state index contributed by atoms with van der Waals surface area (Å²) in [5, 5.41) is 6.04. The number of nitrogens with zero attached hydrogens (tertiary/aromatic N) is 1. The van der Waals surface area contributed by atoms with Crippen LogP contribution in [0.4, 0.5) is 4.79 Å². The summed E-state index contributed by atoms with van der Waals surface area (Å²) in [6, 6.07) is 8.96. The molecule has 0 unspecified atom stereocenters. The second-order valence-electron chi connectivity index (χ2n) is 10.1. The van der Waals surface area contributed by atoms with Gasteiger partial charge in [0.2, 0.25) is 10.0 Å². The zero-order valence-electron chi connectivity index (χ0n) is 21.6. The molecule has 0 aliphatic carbocycles. The molecule has 0 aromatic heterocycles. The summed E-state index contributed by atoms with van der Waals surface area (Å²) in [4.78, 5) is 25.1. The standard InChI is InChI=1S/C27H35ClN2O6S/c1-27(2,3)36-26(32)30(12-5-4-6-14-31)13-11-20-16-19(9-10-23(20)28)22-17-21-8-7-15-35-25(21)24(18-22)37(29,33)34/h9-10,14,16-18H,4-8,11-13,15H2,1-3H3,(H2,29,33,34). The minimum Gasteiger partial charge on any atom is -0.492 e. The average molecular weight is 551 g/mol. The van der Waals surface area contributed by atoms with Crippen LogP contribution in [-0.4, -0.2) is 51.0 Å². The molecule has 1 heterocycles. The Kier molecular flexibility index (Phi) is 9.61. The van der Waals surface area contributed by atoms with Gasteiger partial charge in [-0.05, 0) is 99.4 Å². The van der Waals surface area contributed by atoms with E-state index >= 15 is 0 Å². The number of ether oxygens (including phenoxy) is 2. The summed E-state index contributed by atoms with van der Waals surface area (Å²) in [5.41, 5.74) is 2.46. The predicted molar refractivity (Wildman–Crippen MR) is 144 cm³/mol. The molecule has 37 heavy (non-hydrogen) atoms. The van der Waals surface area contributed by atoms with E-state index in [1.165, 1.54) is 6.07 Å². The second kappa shape index (κ2) is 12.3. The molecule has 8 nitrogen and oxygen atoms in total. The minimum atomic E-state index is -3.98. The van der Waals surface area contributed by atoms with Gasteiger partial charge in [-0.3, -0.25) is 0 Å². The van der Waals surface area contributed by atoms with Crippen LogP contribution in [0.5, 0.6) is 5.75 Å². The quantitative estimate of drug-likeness (QED) is 0.324. The molecule has 202 valence electrons. The van der Waals surface area contributed by atoms with E-state index in [1.807, 2.05) is 39.0 Å². The summed E-state index contributed by atoms with van der Waals surface area (Å²) >= 11 is 6.51. The fraction of sp³-hybridized carbons (Fsp3) is 0.481. The largest absolute Gasteiger partial charge is 0.492 e. The second-order valence-corrected chi connectivity index (χ2v) is 12.1. The van der Waals surface area contributed by atoms with E-state index in [2.05, 4.69) is 0 Å². The number of halogens is 1. The predicted octanol–water partition coefficient (Wildman–Crippen LogP) is 5.13. The van der Waals surface area contributed by atoms with Crippen LogP contribution in [0.3, 0.4) is 0 Å². The van der Waals surface area contributed by atoms with Gasteiger partial charge in [-0.25, -0.2) is 18.4 Å². The molecule has 1 aliphatic heterocycles. The van der Waals surface area contributed by atoms with Crippen LogP contribution in [0.25, 0.3) is 11.1 Å². The van der Waals surface area contributed by atoms with Crippen molar-refractivity contribution in [1.29, 1.82) is 0 Å². The highest BCUT2D eigenvalue weighted by molar-refractivity contribution is 7.89. The topological polar surface area (TPSA) is 116 Å². The number of fused-ring (bicyclic) bond motifs is 1. The van der Waals surface area contributed by atoms with Crippen LogP contribution < -0.4 is 9.88 Å². The number of benzene rings is 2. The lowest BCUT2D eigenvalue weighted by atomic mass is 9.97. The first kappa shape index (κ1) is 28.9. The van der Waals surface area contributed by atoms with Crippen molar-refractivity contribution in [3.05, 3.63) is 46.5 Å². The number of carbonyl (C=O) groups excluding carboxylic acids is 2. The fourth-order valence-corrected chi connectivity index (χ4v) is 5.13. The van der Waals surface area contributed by atoms with Crippen molar-refractivity contribution in [1.82, 2.24) is 4.90 Å². The monoisotopic (exact) mass is 550 g/mol. The van der Waals surface area contributed by atoms with Gasteiger partial charge in [-0.1, -0.05) is 17.7 Å². The zero-order chi connectivity index (χ0) is 27.2. The molecule has 0 saturated heterocycles. The molecule has 3 rings (SSSR count). The van der Waals surface area contributed by atoms with E-state index < -0.39 is 21.7 Å². The van der Waals surface area contributed by atoms with Gasteiger partial charge in [0.1, 0.15) is 22.5 Å². The Balaban J connectivity index is 1.86. The van der Waals surface area contributed by atoms with Gasteiger partial charge in [0.25, 0.3) is 0 Å². The molecule has 0 radical (unpaired) electrons. The van der Waals surface area contributed by atoms with E-state index in [-0.39, 0.29) is 4.90 Å². The molecule has 1 amide bonds. The lowest BCUT2D eigenvalue weighted by Gasteiger charge is -2.27. The normalized spacial score (nSPS) is 13.4. The molecule has 2 N–H and O–H groups in total. The average Bonchev–Trinajstić information content (AvgIpc) is 2.82. The Morgan fingerprint density at radius 2 is 1.92 bits per heavy atom. The molecular weight excluding hydrogens is 516 g/mol. The molecule has 0 saturated carbocycles. The SMILES string of the molecule is CC(C)(C)OC(=O)N(CCCCC=O)CCc1cc(-c2cc3c(c(S(N)(=O)=O)c2)OCCC3)ccc1Cl. The molecule has 0 bridgehead atoms. The molecule has 2 aromatic rings. The van der Waals surface area contributed by atoms with Crippen molar-refractivity contribution < 1.29 is 27.5 Å². The van der Waals surface area contributed by atoms with Crippen molar-refractivity contribution in [2.24, 2.45) is 5.14 Å². The molecule has 1 aliphatic rings. The summed E-state index contributed by atoms with van der Waals surface area (Å²) in [7, 11) is -3.98. The van der Waals surface area contributed by atoms with Gasteiger partial charge >= 0.3 is 6.09 Å². The van der Waals surface area contributed by atoms with E-state index in [0.717, 1.165) is 29.4 Å². The molecule has 0 fully saturated rings. The Hall–Kier alpha value is -2.62. The molecule has 0 atom stereocenters. The van der Waals surface area contributed by atoms with Crippen molar-refractivity contribution in [2.75, 3.05) is 19.7 Å². The number of aldehydes is 1. The van der Waals surface area contributed by atoms with Crippen LogP contribution in [-0.2, 0) is 32.4 Å². The van der Waals surface area contributed by atoms with Gasteiger partial charge < -0.3 is 19.2 Å². The first-order valence-corrected chi connectivity index (χ1v) is 14.3. The molecule has 10 heteroatoms. The first-order chi connectivity index (χ1) is 17.4. The highest BCUT2D eigenvalue weighted by Crippen LogP contribution is 2.37. The maximum Gasteiger partial charge on any atom is 0.410 e. The molecule has 0 spiro atoms. The number of unbranched alkanes of at least 4 members (excludes halogenated alkanes) is 2. The van der Waals surface area contributed by atoms with Gasteiger partial charge in [-0.15, -0.1) is 0 Å². The summed E-state index contributed by atoms with van der Waals surface area (Å²) < 4.78 is 35.8. The van der Waals surface area contributed by atoms with Crippen LogP contribution in [0.1, 0.15) is 57.6 Å².